The molecule has 0 aliphatic carbocycles. The van der Waals surface area contributed by atoms with E-state index in [1.54, 1.807) is 24.3 Å². The Labute approximate surface area is 120 Å². The Morgan fingerprint density at radius 3 is 2.45 bits per heavy atom. The average molecular weight is 291 g/mol. The van der Waals surface area contributed by atoms with E-state index in [1.165, 1.54) is 18.2 Å². The number of nitrogen functional groups attached to an aromatic ring is 1. The van der Waals surface area contributed by atoms with Gasteiger partial charge in [0.1, 0.15) is 0 Å². The number of carbonyl (C=O) groups is 2. The second-order valence-electron chi connectivity index (χ2n) is 4.04. The molecular formula is C14H11ClN2O3. The molecular weight excluding hydrogens is 280 g/mol. The molecule has 0 spiro atoms. The van der Waals surface area contributed by atoms with Crippen molar-refractivity contribution in [2.75, 3.05) is 11.1 Å². The zero-order valence-electron chi connectivity index (χ0n) is 10.3. The third kappa shape index (κ3) is 2.89. The number of carboxylic acids is 1. The topological polar surface area (TPSA) is 92.4 Å². The summed E-state index contributed by atoms with van der Waals surface area (Å²) >= 11 is 5.94. The Kier molecular flexibility index (Phi) is 3.91. The minimum absolute atomic E-state index is 0.0484. The third-order valence-electron chi connectivity index (χ3n) is 2.67. The molecule has 2 aromatic rings. The first-order chi connectivity index (χ1) is 9.49. The van der Waals surface area contributed by atoms with Crippen LogP contribution in [0.15, 0.2) is 42.5 Å². The molecule has 102 valence electrons. The molecule has 0 aliphatic rings. The van der Waals surface area contributed by atoms with Gasteiger partial charge in [-0.1, -0.05) is 23.7 Å². The number of benzene rings is 2. The van der Waals surface area contributed by atoms with Crippen LogP contribution in [0.3, 0.4) is 0 Å². The molecule has 0 atom stereocenters. The largest absolute Gasteiger partial charge is 0.478 e. The van der Waals surface area contributed by atoms with Crippen LogP contribution in [0.4, 0.5) is 11.4 Å². The van der Waals surface area contributed by atoms with Crippen LogP contribution < -0.4 is 11.1 Å². The number of carboxylic acid groups (broad SMARTS) is 1. The van der Waals surface area contributed by atoms with Gasteiger partial charge in [0.25, 0.3) is 5.91 Å². The monoisotopic (exact) mass is 290 g/mol. The van der Waals surface area contributed by atoms with Gasteiger partial charge in [0.05, 0.1) is 21.8 Å². The first-order valence-electron chi connectivity index (χ1n) is 5.67. The summed E-state index contributed by atoms with van der Waals surface area (Å²) in [7, 11) is 0. The molecule has 0 unspecified atom stereocenters. The summed E-state index contributed by atoms with van der Waals surface area (Å²) < 4.78 is 0. The Bertz CT molecular complexity index is 686. The van der Waals surface area contributed by atoms with Gasteiger partial charge in [-0.15, -0.1) is 0 Å². The Hall–Kier alpha value is -2.53. The van der Waals surface area contributed by atoms with Crippen LogP contribution in [-0.4, -0.2) is 17.0 Å². The van der Waals surface area contributed by atoms with Crippen LogP contribution in [0.2, 0.25) is 5.02 Å². The van der Waals surface area contributed by atoms with Crippen molar-refractivity contribution in [1.29, 1.82) is 0 Å². The number of carbonyl (C=O) groups excluding carboxylic acids is 1. The third-order valence-corrected chi connectivity index (χ3v) is 2.98. The number of hydrogen-bond donors (Lipinski definition) is 3. The first kappa shape index (κ1) is 13.9. The molecule has 0 heterocycles. The lowest BCUT2D eigenvalue weighted by Crippen LogP contribution is -2.14. The van der Waals surface area contributed by atoms with Crippen LogP contribution in [0.1, 0.15) is 20.7 Å². The van der Waals surface area contributed by atoms with Gasteiger partial charge in [-0.3, -0.25) is 4.79 Å². The van der Waals surface area contributed by atoms with Crippen molar-refractivity contribution < 1.29 is 14.7 Å². The highest BCUT2D eigenvalue weighted by atomic mass is 35.5. The number of para-hydroxylation sites is 1. The standard InChI is InChI=1S/C14H11ClN2O3/c15-10-7-8(14(19)20)5-6-12(10)17-13(18)9-3-1-2-4-11(9)16/h1-7H,16H2,(H,17,18)(H,19,20). The van der Waals surface area contributed by atoms with E-state index < -0.39 is 11.9 Å². The fourth-order valence-corrected chi connectivity index (χ4v) is 1.87. The second kappa shape index (κ2) is 5.63. The zero-order chi connectivity index (χ0) is 14.7. The maximum atomic E-state index is 12.0. The molecule has 0 aromatic heterocycles. The van der Waals surface area contributed by atoms with E-state index in [-0.39, 0.29) is 10.6 Å². The van der Waals surface area contributed by atoms with Crippen molar-refractivity contribution in [3.05, 3.63) is 58.6 Å². The van der Waals surface area contributed by atoms with Crippen molar-refractivity contribution in [3.8, 4) is 0 Å². The lowest BCUT2D eigenvalue weighted by atomic mass is 10.1. The van der Waals surface area contributed by atoms with E-state index in [0.29, 0.717) is 16.9 Å². The molecule has 0 saturated carbocycles. The molecule has 6 heteroatoms. The van der Waals surface area contributed by atoms with Gasteiger partial charge in [-0.2, -0.15) is 0 Å². The summed E-state index contributed by atoms with van der Waals surface area (Å²) in [5, 5.41) is 11.6. The van der Waals surface area contributed by atoms with Crippen LogP contribution in [0.25, 0.3) is 0 Å². The highest BCUT2D eigenvalue weighted by Gasteiger charge is 2.12. The first-order valence-corrected chi connectivity index (χ1v) is 6.05. The van der Waals surface area contributed by atoms with Crippen LogP contribution in [0, 0.1) is 0 Å². The van der Waals surface area contributed by atoms with Crippen LogP contribution in [-0.2, 0) is 0 Å². The van der Waals surface area contributed by atoms with E-state index in [1.807, 2.05) is 0 Å². The number of halogens is 1. The summed E-state index contributed by atoms with van der Waals surface area (Å²) in [5.74, 6) is -1.50. The minimum atomic E-state index is -1.09. The molecule has 0 radical (unpaired) electrons. The Morgan fingerprint density at radius 2 is 1.85 bits per heavy atom. The van der Waals surface area contributed by atoms with Crippen LogP contribution >= 0.6 is 11.6 Å². The minimum Gasteiger partial charge on any atom is -0.478 e. The van der Waals surface area contributed by atoms with Crippen molar-refractivity contribution in [1.82, 2.24) is 0 Å². The number of hydrogen-bond acceptors (Lipinski definition) is 3. The number of nitrogens with two attached hydrogens (primary N) is 1. The maximum Gasteiger partial charge on any atom is 0.335 e. The summed E-state index contributed by atoms with van der Waals surface area (Å²) in [6, 6.07) is 10.7. The van der Waals surface area contributed by atoms with E-state index >= 15 is 0 Å². The van der Waals surface area contributed by atoms with Crippen molar-refractivity contribution in [2.24, 2.45) is 0 Å². The molecule has 0 fully saturated rings. The summed E-state index contributed by atoms with van der Waals surface area (Å²) in [6.07, 6.45) is 0. The predicted octanol–water partition coefficient (Wildman–Crippen LogP) is 2.87. The smallest absolute Gasteiger partial charge is 0.335 e. The van der Waals surface area contributed by atoms with E-state index in [2.05, 4.69) is 5.32 Å². The molecule has 0 aliphatic heterocycles. The normalized spacial score (nSPS) is 10.1. The summed E-state index contributed by atoms with van der Waals surface area (Å²) in [4.78, 5) is 22.8. The van der Waals surface area contributed by atoms with Gasteiger partial charge in [0, 0.05) is 5.69 Å². The molecule has 1 amide bonds. The lowest BCUT2D eigenvalue weighted by molar-refractivity contribution is 0.0696. The van der Waals surface area contributed by atoms with Crippen molar-refractivity contribution in [2.45, 2.75) is 0 Å². The zero-order valence-corrected chi connectivity index (χ0v) is 11.0. The van der Waals surface area contributed by atoms with Crippen LogP contribution in [0.5, 0.6) is 0 Å². The Morgan fingerprint density at radius 1 is 1.15 bits per heavy atom. The van der Waals surface area contributed by atoms with E-state index in [9.17, 15) is 9.59 Å². The Balaban J connectivity index is 2.25. The molecule has 0 saturated heterocycles. The summed E-state index contributed by atoms with van der Waals surface area (Å²) in [5.41, 5.74) is 6.75. The van der Waals surface area contributed by atoms with Gasteiger partial charge in [-0.05, 0) is 30.3 Å². The van der Waals surface area contributed by atoms with E-state index in [0.717, 1.165) is 0 Å². The molecule has 20 heavy (non-hydrogen) atoms. The molecule has 2 aromatic carbocycles. The number of nitrogens with one attached hydrogen (secondary N) is 1. The van der Waals surface area contributed by atoms with E-state index in [4.69, 9.17) is 22.4 Å². The number of aromatic carboxylic acids is 1. The summed E-state index contributed by atoms with van der Waals surface area (Å²) in [6.45, 7) is 0. The van der Waals surface area contributed by atoms with Gasteiger partial charge in [0.15, 0.2) is 0 Å². The molecule has 4 N–H and O–H groups in total. The SMILES string of the molecule is Nc1ccccc1C(=O)Nc1ccc(C(=O)O)cc1Cl. The van der Waals surface area contributed by atoms with Gasteiger partial charge in [-0.25, -0.2) is 4.79 Å². The average Bonchev–Trinajstić information content (AvgIpc) is 2.41. The highest BCUT2D eigenvalue weighted by Crippen LogP contribution is 2.24. The fourth-order valence-electron chi connectivity index (χ4n) is 1.64. The van der Waals surface area contributed by atoms with Crippen molar-refractivity contribution >= 4 is 34.9 Å². The quantitative estimate of drug-likeness (QED) is 0.758. The van der Waals surface area contributed by atoms with Gasteiger partial charge in [0.2, 0.25) is 0 Å². The predicted molar refractivity (Wildman–Crippen MR) is 77.2 cm³/mol. The molecule has 0 bridgehead atoms. The van der Waals surface area contributed by atoms with Crippen molar-refractivity contribution in [3.63, 3.8) is 0 Å². The maximum absolute atomic E-state index is 12.0. The highest BCUT2D eigenvalue weighted by molar-refractivity contribution is 6.34. The second-order valence-corrected chi connectivity index (χ2v) is 4.45. The lowest BCUT2D eigenvalue weighted by Gasteiger charge is -2.09. The number of rotatable bonds is 3. The molecule has 5 nitrogen and oxygen atoms in total. The number of amides is 1. The van der Waals surface area contributed by atoms with Gasteiger partial charge < -0.3 is 16.2 Å². The fraction of sp³-hybridized carbons (Fsp3) is 0. The van der Waals surface area contributed by atoms with Gasteiger partial charge >= 0.3 is 5.97 Å². The number of anilines is 2. The molecule has 2 rings (SSSR count).